The first-order chi connectivity index (χ1) is 13.9. The second-order valence-corrected chi connectivity index (χ2v) is 9.71. The minimum absolute atomic E-state index is 0.287. The van der Waals surface area contributed by atoms with Crippen molar-refractivity contribution in [3.63, 3.8) is 0 Å². The van der Waals surface area contributed by atoms with Crippen molar-refractivity contribution in [3.05, 3.63) is 0 Å². The minimum Gasteiger partial charge on any atom is -0.394 e. The molecular weight excluding hydrogens is 414 g/mol. The van der Waals surface area contributed by atoms with E-state index in [1.54, 1.807) is 13.8 Å². The summed E-state index contributed by atoms with van der Waals surface area (Å²) in [6, 6.07) is -4.08. The number of carbonyl (C=O) groups excluding carboxylic acids is 4. The molecule has 0 aromatic heterocycles. The van der Waals surface area contributed by atoms with E-state index in [9.17, 15) is 29.4 Å². The quantitative estimate of drug-likeness (QED) is 0.281. The number of hydrogen-bond acceptors (Lipinski definition) is 8. The van der Waals surface area contributed by atoms with Gasteiger partial charge in [0.2, 0.25) is 23.6 Å². The SMILES string of the molecule is C[C@@H](O)[C@H](N)C(=O)N1CCC[C@H]1C(=O)N1[C@H](C(=O)N[C@@H](CO)C(N)=O)CSC1(C)C. The van der Waals surface area contributed by atoms with Crippen LogP contribution in [-0.2, 0) is 19.2 Å². The van der Waals surface area contributed by atoms with Crippen LogP contribution in [0.15, 0.2) is 0 Å². The highest BCUT2D eigenvalue weighted by Gasteiger charge is 2.50. The fourth-order valence-corrected chi connectivity index (χ4v) is 4.96. The first-order valence-corrected chi connectivity index (χ1v) is 10.8. The monoisotopic (exact) mass is 445 g/mol. The lowest BCUT2D eigenvalue weighted by atomic mass is 10.1. The zero-order valence-corrected chi connectivity index (χ0v) is 18.2. The Kier molecular flexibility index (Phi) is 7.72. The van der Waals surface area contributed by atoms with Crippen LogP contribution in [0.5, 0.6) is 0 Å². The summed E-state index contributed by atoms with van der Waals surface area (Å²) >= 11 is 1.39. The second kappa shape index (κ2) is 9.50. The number of amides is 4. The number of primary amides is 1. The first-order valence-electron chi connectivity index (χ1n) is 9.84. The molecule has 2 saturated heterocycles. The Morgan fingerprint density at radius 2 is 1.90 bits per heavy atom. The van der Waals surface area contributed by atoms with Gasteiger partial charge in [0, 0.05) is 12.3 Å². The van der Waals surface area contributed by atoms with Crippen LogP contribution in [0.2, 0.25) is 0 Å². The minimum atomic E-state index is -1.25. The Morgan fingerprint density at radius 3 is 2.43 bits per heavy atom. The molecule has 11 nitrogen and oxygen atoms in total. The van der Waals surface area contributed by atoms with Gasteiger partial charge in [-0.05, 0) is 33.6 Å². The molecule has 5 atom stereocenters. The first kappa shape index (κ1) is 24.4. The largest absolute Gasteiger partial charge is 0.394 e. The zero-order valence-electron chi connectivity index (χ0n) is 17.4. The maximum Gasteiger partial charge on any atom is 0.247 e. The molecule has 7 N–H and O–H groups in total. The Hall–Kier alpha value is -1.89. The molecule has 0 radical (unpaired) electrons. The highest BCUT2D eigenvalue weighted by Crippen LogP contribution is 2.40. The van der Waals surface area contributed by atoms with E-state index in [1.165, 1.54) is 28.5 Å². The van der Waals surface area contributed by atoms with Crippen LogP contribution in [0, 0.1) is 0 Å². The maximum atomic E-state index is 13.5. The van der Waals surface area contributed by atoms with Crippen LogP contribution < -0.4 is 16.8 Å². The van der Waals surface area contributed by atoms with Crippen LogP contribution >= 0.6 is 11.8 Å². The number of aliphatic hydroxyl groups is 2. The van der Waals surface area contributed by atoms with Gasteiger partial charge in [-0.15, -0.1) is 11.8 Å². The van der Waals surface area contributed by atoms with E-state index in [-0.39, 0.29) is 5.75 Å². The van der Waals surface area contributed by atoms with Gasteiger partial charge in [-0.25, -0.2) is 0 Å². The molecule has 30 heavy (non-hydrogen) atoms. The van der Waals surface area contributed by atoms with Crippen molar-refractivity contribution in [3.8, 4) is 0 Å². The number of rotatable bonds is 7. The summed E-state index contributed by atoms with van der Waals surface area (Å²) in [6.45, 7) is 4.68. The average Bonchev–Trinajstić information content (AvgIpc) is 3.27. The summed E-state index contributed by atoms with van der Waals surface area (Å²) in [4.78, 5) is 52.3. The van der Waals surface area contributed by atoms with Crippen molar-refractivity contribution in [1.82, 2.24) is 15.1 Å². The summed E-state index contributed by atoms with van der Waals surface area (Å²) in [5, 5.41) is 21.3. The summed E-state index contributed by atoms with van der Waals surface area (Å²) in [5.41, 5.74) is 11.0. The van der Waals surface area contributed by atoms with Gasteiger partial charge in [-0.1, -0.05) is 0 Å². The van der Waals surface area contributed by atoms with E-state index in [0.29, 0.717) is 19.4 Å². The van der Waals surface area contributed by atoms with Crippen LogP contribution in [0.4, 0.5) is 0 Å². The van der Waals surface area contributed by atoms with Gasteiger partial charge in [0.15, 0.2) is 0 Å². The van der Waals surface area contributed by atoms with Crippen molar-refractivity contribution in [2.75, 3.05) is 18.9 Å². The highest BCUT2D eigenvalue weighted by atomic mass is 32.2. The standard InChI is InChI=1S/C18H31N5O6S/c1-9(25)13(19)17(29)22-6-4-5-11(22)16(28)23-12(8-30-18(23,2)3)15(27)21-10(7-24)14(20)26/h9-13,24-25H,4-8,19H2,1-3H3,(H2,20,26)(H,21,27)/t9-,10+,11+,12+,13+/m1/s1. The molecule has 0 bridgehead atoms. The molecule has 0 aliphatic carbocycles. The van der Waals surface area contributed by atoms with Gasteiger partial charge < -0.3 is 36.8 Å². The molecule has 0 aromatic carbocycles. The van der Waals surface area contributed by atoms with Crippen molar-refractivity contribution < 1.29 is 29.4 Å². The molecule has 0 unspecified atom stereocenters. The third-order valence-electron chi connectivity index (χ3n) is 5.49. The Morgan fingerprint density at radius 1 is 1.27 bits per heavy atom. The van der Waals surface area contributed by atoms with E-state index in [4.69, 9.17) is 11.5 Å². The van der Waals surface area contributed by atoms with Crippen molar-refractivity contribution in [2.24, 2.45) is 11.5 Å². The smallest absolute Gasteiger partial charge is 0.247 e. The van der Waals surface area contributed by atoms with E-state index in [1.807, 2.05) is 0 Å². The van der Waals surface area contributed by atoms with Crippen LogP contribution in [0.25, 0.3) is 0 Å². The van der Waals surface area contributed by atoms with Gasteiger partial charge >= 0.3 is 0 Å². The van der Waals surface area contributed by atoms with E-state index < -0.39 is 65.4 Å². The molecule has 4 amide bonds. The number of hydrogen-bond donors (Lipinski definition) is 5. The highest BCUT2D eigenvalue weighted by molar-refractivity contribution is 8.00. The Balaban J connectivity index is 2.24. The number of nitrogens with zero attached hydrogens (tertiary/aromatic N) is 2. The number of nitrogens with one attached hydrogen (secondary N) is 1. The number of aliphatic hydroxyl groups excluding tert-OH is 2. The molecule has 2 heterocycles. The van der Waals surface area contributed by atoms with E-state index >= 15 is 0 Å². The van der Waals surface area contributed by atoms with Crippen LogP contribution in [-0.4, -0.2) is 97.7 Å². The molecule has 170 valence electrons. The summed E-state index contributed by atoms with van der Waals surface area (Å²) in [7, 11) is 0. The lowest BCUT2D eigenvalue weighted by Crippen LogP contribution is -2.61. The van der Waals surface area contributed by atoms with E-state index in [2.05, 4.69) is 5.32 Å². The van der Waals surface area contributed by atoms with Gasteiger partial charge in [0.1, 0.15) is 24.2 Å². The lowest BCUT2D eigenvalue weighted by molar-refractivity contribution is -0.150. The van der Waals surface area contributed by atoms with Gasteiger partial charge in [0.05, 0.1) is 17.6 Å². The molecule has 2 aliphatic rings. The summed E-state index contributed by atoms with van der Waals surface area (Å²) < 4.78 is 0. The number of carbonyl (C=O) groups is 4. The normalized spacial score (nSPS) is 26.2. The van der Waals surface area contributed by atoms with Gasteiger partial charge in [0.25, 0.3) is 0 Å². The topological polar surface area (TPSA) is 179 Å². The molecule has 0 saturated carbocycles. The van der Waals surface area contributed by atoms with Crippen LogP contribution in [0.3, 0.4) is 0 Å². The number of thioether (sulfide) groups is 1. The van der Waals surface area contributed by atoms with Crippen molar-refractivity contribution in [1.29, 1.82) is 0 Å². The van der Waals surface area contributed by atoms with Gasteiger partial charge in [-0.2, -0.15) is 0 Å². The Bertz CT molecular complexity index is 703. The average molecular weight is 446 g/mol. The molecule has 2 aliphatic heterocycles. The predicted octanol–water partition coefficient (Wildman–Crippen LogP) is -2.67. The third-order valence-corrected chi connectivity index (χ3v) is 6.88. The van der Waals surface area contributed by atoms with Crippen LogP contribution in [0.1, 0.15) is 33.6 Å². The molecular formula is C18H31N5O6S. The molecule has 12 heteroatoms. The van der Waals surface area contributed by atoms with Crippen molar-refractivity contribution >= 4 is 35.4 Å². The summed E-state index contributed by atoms with van der Waals surface area (Å²) in [5.74, 6) is -2.10. The molecule has 0 aromatic rings. The molecule has 0 spiro atoms. The fraction of sp³-hybridized carbons (Fsp3) is 0.778. The second-order valence-electron chi connectivity index (χ2n) is 8.08. The fourth-order valence-electron chi connectivity index (χ4n) is 3.73. The maximum absolute atomic E-state index is 13.5. The summed E-state index contributed by atoms with van der Waals surface area (Å²) in [6.07, 6.45) is -0.0415. The van der Waals surface area contributed by atoms with E-state index in [0.717, 1.165) is 0 Å². The van der Waals surface area contributed by atoms with Crippen molar-refractivity contribution in [2.45, 2.75) is 68.8 Å². The number of likely N-dealkylation sites (tertiary alicyclic amines) is 1. The third kappa shape index (κ3) is 4.88. The predicted molar refractivity (Wildman–Crippen MR) is 110 cm³/mol. The number of nitrogens with two attached hydrogens (primary N) is 2. The van der Waals surface area contributed by atoms with Gasteiger partial charge in [-0.3, -0.25) is 19.2 Å². The lowest BCUT2D eigenvalue weighted by Gasteiger charge is -2.38. The zero-order chi connectivity index (χ0) is 22.8. The molecule has 2 fully saturated rings. The Labute approximate surface area is 179 Å². The molecule has 2 rings (SSSR count).